The van der Waals surface area contributed by atoms with Crippen LogP contribution < -0.4 is 5.32 Å². The molecule has 0 saturated carbocycles. The molecule has 6 nitrogen and oxygen atoms in total. The number of benzene rings is 4. The minimum Gasteiger partial charge on any atom is -0.377 e. The van der Waals surface area contributed by atoms with Crippen molar-refractivity contribution in [3.8, 4) is 0 Å². The largest absolute Gasteiger partial charge is 0.377 e. The van der Waals surface area contributed by atoms with Gasteiger partial charge in [-0.15, -0.1) is 0 Å². The molecule has 1 saturated heterocycles. The van der Waals surface area contributed by atoms with Crippen LogP contribution in [-0.4, -0.2) is 27.5 Å². The number of rotatable bonds is 1. The average Bonchev–Trinajstić information content (AvgIpc) is 3.53. The van der Waals surface area contributed by atoms with Gasteiger partial charge in [-0.2, -0.15) is 0 Å². The lowest BCUT2D eigenvalue weighted by molar-refractivity contribution is -0.111. The second kappa shape index (κ2) is 8.35. The van der Waals surface area contributed by atoms with E-state index in [0.29, 0.717) is 16.3 Å². The zero-order valence-corrected chi connectivity index (χ0v) is 22.5. The fourth-order valence-corrected chi connectivity index (χ4v) is 7.38. The van der Waals surface area contributed by atoms with Crippen LogP contribution in [0.2, 0.25) is 5.02 Å². The van der Waals surface area contributed by atoms with Gasteiger partial charge < -0.3 is 15.3 Å². The Morgan fingerprint density at radius 2 is 1.50 bits per heavy atom. The molecule has 204 valence electrons. The van der Waals surface area contributed by atoms with Crippen molar-refractivity contribution in [1.82, 2.24) is 4.90 Å². The van der Waals surface area contributed by atoms with Gasteiger partial charge in [-0.05, 0) is 53.1 Å². The molecule has 4 aromatic carbocycles. The number of halogens is 2. The molecule has 2 N–H and O–H groups in total. The Hall–Kier alpha value is -4.85. The summed E-state index contributed by atoms with van der Waals surface area (Å²) in [6.07, 6.45) is 3.49. The number of amides is 1. The number of anilines is 1. The van der Waals surface area contributed by atoms with Gasteiger partial charge in [0, 0.05) is 33.6 Å². The zero-order chi connectivity index (χ0) is 29.0. The van der Waals surface area contributed by atoms with Crippen LogP contribution in [0.25, 0.3) is 11.6 Å². The average molecular weight is 575 g/mol. The van der Waals surface area contributed by atoms with Gasteiger partial charge in [-0.25, -0.2) is 4.39 Å². The van der Waals surface area contributed by atoms with E-state index >= 15 is 0 Å². The lowest BCUT2D eigenvalue weighted by atomic mass is 9.60. The molecule has 3 heterocycles. The Bertz CT molecular complexity index is 1950. The Balaban J connectivity index is 1.57. The highest BCUT2D eigenvalue weighted by atomic mass is 35.5. The lowest BCUT2D eigenvalue weighted by Gasteiger charge is -2.40. The van der Waals surface area contributed by atoms with Crippen LogP contribution in [0.4, 0.5) is 10.1 Å². The number of ketones is 2. The van der Waals surface area contributed by atoms with Gasteiger partial charge in [0.25, 0.3) is 5.91 Å². The molecular weight excluding hydrogens is 555 g/mol. The Labute approximate surface area is 244 Å². The SMILES string of the molecule is O=C1Nc2ccc(F)cc2/C1=C1\N2C=Cc3ccccc3C2C2(C(=O)c3ccccc3C2=O)C1(O)c1ccc(Cl)cc1. The number of fused-ring (bicyclic) bond motifs is 6. The molecular formula is C34H20ClFN2O4. The number of carbonyl (C=O) groups is 3. The Morgan fingerprint density at radius 3 is 2.21 bits per heavy atom. The predicted octanol–water partition coefficient (Wildman–Crippen LogP) is 6.14. The number of hydrogen-bond acceptors (Lipinski definition) is 5. The van der Waals surface area contributed by atoms with Crippen molar-refractivity contribution in [2.45, 2.75) is 11.6 Å². The second-order valence-electron chi connectivity index (χ2n) is 10.9. The molecule has 8 heteroatoms. The van der Waals surface area contributed by atoms with Crippen molar-refractivity contribution in [3.63, 3.8) is 0 Å². The summed E-state index contributed by atoms with van der Waals surface area (Å²) in [4.78, 5) is 45.1. The van der Waals surface area contributed by atoms with Crippen molar-refractivity contribution in [1.29, 1.82) is 0 Å². The fourth-order valence-electron chi connectivity index (χ4n) is 7.25. The van der Waals surface area contributed by atoms with Gasteiger partial charge in [0.05, 0.1) is 17.3 Å². The number of nitrogens with zero attached hydrogens (tertiary/aromatic N) is 1. The summed E-state index contributed by atoms with van der Waals surface area (Å²) < 4.78 is 14.7. The number of Topliss-reactive ketones (excluding diaryl/α,β-unsaturated/α-hetero) is 2. The highest BCUT2D eigenvalue weighted by molar-refractivity contribution is 6.35. The Kier molecular flexibility index (Phi) is 4.95. The topological polar surface area (TPSA) is 86.7 Å². The smallest absolute Gasteiger partial charge is 0.258 e. The summed E-state index contributed by atoms with van der Waals surface area (Å²) in [6, 6.07) is 23.0. The molecule has 42 heavy (non-hydrogen) atoms. The lowest BCUT2D eigenvalue weighted by Crippen LogP contribution is -2.53. The highest BCUT2D eigenvalue weighted by Gasteiger charge is 2.77. The summed E-state index contributed by atoms with van der Waals surface area (Å²) in [5.41, 5.74) is -1.97. The van der Waals surface area contributed by atoms with Gasteiger partial charge in [-0.1, -0.05) is 72.3 Å². The minimum atomic E-state index is -2.38. The third-order valence-corrected chi connectivity index (χ3v) is 9.17. The van der Waals surface area contributed by atoms with Gasteiger partial charge in [0.2, 0.25) is 0 Å². The summed E-state index contributed by atoms with van der Waals surface area (Å²) in [5.74, 6) is -2.29. The van der Waals surface area contributed by atoms with Crippen LogP contribution in [0, 0.1) is 11.2 Å². The van der Waals surface area contributed by atoms with E-state index in [9.17, 15) is 23.9 Å². The maximum Gasteiger partial charge on any atom is 0.258 e. The third-order valence-electron chi connectivity index (χ3n) is 8.92. The zero-order valence-electron chi connectivity index (χ0n) is 21.8. The molecule has 0 radical (unpaired) electrons. The number of nitrogens with one attached hydrogen (secondary N) is 1. The predicted molar refractivity (Wildman–Crippen MR) is 155 cm³/mol. The molecule has 1 spiro atoms. The van der Waals surface area contributed by atoms with Crippen LogP contribution in [0.3, 0.4) is 0 Å². The maximum absolute atomic E-state index is 14.9. The van der Waals surface area contributed by atoms with Crippen LogP contribution in [0.15, 0.2) is 103 Å². The van der Waals surface area contributed by atoms with E-state index in [4.69, 9.17) is 11.6 Å². The van der Waals surface area contributed by atoms with Gasteiger partial charge in [-0.3, -0.25) is 14.4 Å². The molecule has 1 fully saturated rings. The standard InChI is InChI=1S/C34H20ClFN2O4/c35-20-11-9-19(10-12-20)34(42)29(27-25-17-21(36)13-14-26(25)37-32(27)41)38-16-15-18-5-1-2-6-22(18)28(38)33(34)30(39)23-7-3-4-8-24(23)31(33)40/h1-17,28,42H,(H,37,41)/b29-27+. The van der Waals surface area contributed by atoms with E-state index in [-0.39, 0.29) is 33.5 Å². The molecule has 2 unspecified atom stereocenters. The molecule has 0 aromatic heterocycles. The highest BCUT2D eigenvalue weighted by Crippen LogP contribution is 2.69. The third kappa shape index (κ3) is 2.84. The molecule has 8 rings (SSSR count). The van der Waals surface area contributed by atoms with E-state index < -0.39 is 40.3 Å². The first-order chi connectivity index (χ1) is 20.3. The van der Waals surface area contributed by atoms with Crippen molar-refractivity contribution in [3.05, 3.63) is 147 Å². The summed E-state index contributed by atoms with van der Waals surface area (Å²) in [5, 5.41) is 16.6. The molecule has 2 atom stereocenters. The van der Waals surface area contributed by atoms with Gasteiger partial charge in [0.1, 0.15) is 5.82 Å². The Morgan fingerprint density at radius 1 is 0.833 bits per heavy atom. The molecule has 1 amide bonds. The van der Waals surface area contributed by atoms with Gasteiger partial charge in [0.15, 0.2) is 22.6 Å². The first-order valence-corrected chi connectivity index (χ1v) is 13.7. The van der Waals surface area contributed by atoms with Crippen LogP contribution in [-0.2, 0) is 10.4 Å². The normalized spacial score (nSPS) is 24.5. The second-order valence-corrected chi connectivity index (χ2v) is 11.3. The molecule has 3 aliphatic heterocycles. The van der Waals surface area contributed by atoms with E-state index in [1.807, 2.05) is 24.3 Å². The van der Waals surface area contributed by atoms with E-state index in [1.165, 1.54) is 18.2 Å². The summed E-state index contributed by atoms with van der Waals surface area (Å²) in [7, 11) is 0. The number of aliphatic hydroxyl groups is 1. The first kappa shape index (κ1) is 24.9. The number of carbonyl (C=O) groups excluding carboxylic acids is 3. The van der Waals surface area contributed by atoms with Crippen molar-refractivity contribution in [2.75, 3.05) is 5.32 Å². The molecule has 0 bridgehead atoms. The van der Waals surface area contributed by atoms with Crippen LogP contribution >= 0.6 is 11.6 Å². The van der Waals surface area contributed by atoms with E-state index in [2.05, 4.69) is 5.32 Å². The quantitative estimate of drug-likeness (QED) is 0.211. The number of hydrogen-bond donors (Lipinski definition) is 2. The van der Waals surface area contributed by atoms with E-state index in [1.54, 1.807) is 65.7 Å². The van der Waals surface area contributed by atoms with Crippen molar-refractivity contribution in [2.24, 2.45) is 5.41 Å². The summed E-state index contributed by atoms with van der Waals surface area (Å²) in [6.45, 7) is 0. The minimum absolute atomic E-state index is 0.0110. The summed E-state index contributed by atoms with van der Waals surface area (Å²) >= 11 is 6.25. The monoisotopic (exact) mass is 574 g/mol. The van der Waals surface area contributed by atoms with Crippen LogP contribution in [0.5, 0.6) is 0 Å². The van der Waals surface area contributed by atoms with Crippen LogP contribution in [0.1, 0.15) is 49.0 Å². The van der Waals surface area contributed by atoms with Crippen molar-refractivity contribution >= 4 is 46.4 Å². The molecule has 1 aliphatic carbocycles. The van der Waals surface area contributed by atoms with Gasteiger partial charge >= 0.3 is 0 Å². The fraction of sp³-hybridized carbons (Fsp3) is 0.0882. The van der Waals surface area contributed by atoms with Crippen molar-refractivity contribution < 1.29 is 23.9 Å². The molecule has 4 aliphatic rings. The molecule has 4 aromatic rings. The maximum atomic E-state index is 14.9. The van der Waals surface area contributed by atoms with E-state index in [0.717, 1.165) is 5.56 Å². The first-order valence-electron chi connectivity index (χ1n) is 13.4.